The van der Waals surface area contributed by atoms with Crippen LogP contribution in [0.2, 0.25) is 0 Å². The van der Waals surface area contributed by atoms with Gasteiger partial charge in [-0.05, 0) is 90.9 Å². The molecule has 2 aliphatic rings. The third-order valence-corrected chi connectivity index (χ3v) is 11.2. The van der Waals surface area contributed by atoms with Crippen molar-refractivity contribution in [3.8, 4) is 11.3 Å². The van der Waals surface area contributed by atoms with E-state index in [4.69, 9.17) is 0 Å². The highest BCUT2D eigenvalue weighted by molar-refractivity contribution is 5.98. The number of aromatic amines is 1. The van der Waals surface area contributed by atoms with Crippen LogP contribution in [-0.2, 0) is 51.5 Å². The second-order valence-electron chi connectivity index (χ2n) is 15.9. The Kier molecular flexibility index (Phi) is 13.6. The number of amides is 2. The molecule has 2 amide bonds. The van der Waals surface area contributed by atoms with Crippen molar-refractivity contribution in [2.24, 2.45) is 0 Å². The maximum atomic E-state index is 13.1. The fourth-order valence-corrected chi connectivity index (χ4v) is 7.57. The highest BCUT2D eigenvalue weighted by atomic mass is 19.4. The summed E-state index contributed by atoms with van der Waals surface area (Å²) in [5, 5.41) is 26.1. The fourth-order valence-electron chi connectivity index (χ4n) is 7.57. The van der Waals surface area contributed by atoms with Crippen LogP contribution in [0.3, 0.4) is 0 Å². The maximum Gasteiger partial charge on any atom is 0.430 e. The Bertz CT molecular complexity index is 2640. The number of aromatic nitrogens is 2. The summed E-state index contributed by atoms with van der Waals surface area (Å²) in [7, 11) is 0. The zero-order valence-electron chi connectivity index (χ0n) is 35.1. The second kappa shape index (κ2) is 18.3. The van der Waals surface area contributed by atoms with Crippen molar-refractivity contribution in [1.82, 2.24) is 10.2 Å². The Labute approximate surface area is 373 Å². The molecule has 0 fully saturated rings. The summed E-state index contributed by atoms with van der Waals surface area (Å²) in [6.07, 6.45) is -19.5. The molecule has 0 bridgehead atoms. The molecule has 0 saturated carbocycles. The number of hydrogen-bond acceptors (Lipinski definition) is 6. The van der Waals surface area contributed by atoms with Gasteiger partial charge in [0.15, 0.2) is 5.78 Å². The van der Waals surface area contributed by atoms with Crippen LogP contribution in [0.5, 0.6) is 0 Å². The SMILES string of the molecule is CC(=O)/C=C/c1ccc2c(c1)CCC(=O)N2Cc1ccc(C(O)(C(F)(F)F)C(F)(F)F)cc1.Cc1cc(-c2ccc3c(c2)CCC(=O)N3Cc2ccc(C(O)(C(F)(F)F)C(F)(F)F)cc2)n[nH]1. The van der Waals surface area contributed by atoms with Crippen LogP contribution in [0.4, 0.5) is 64.1 Å². The first-order chi connectivity index (χ1) is 31.0. The summed E-state index contributed by atoms with van der Waals surface area (Å²) in [5.74, 6) is -0.598. The molecule has 356 valence electrons. The number of rotatable bonds is 9. The first-order valence-electron chi connectivity index (χ1n) is 20.0. The van der Waals surface area contributed by atoms with E-state index in [0.717, 1.165) is 57.9 Å². The molecule has 7 rings (SSSR count). The van der Waals surface area contributed by atoms with Gasteiger partial charge >= 0.3 is 24.7 Å². The molecular formula is C46H38F12N4O5. The lowest BCUT2D eigenvalue weighted by Gasteiger charge is -2.33. The molecule has 4 aromatic carbocycles. The van der Waals surface area contributed by atoms with E-state index in [2.05, 4.69) is 10.2 Å². The van der Waals surface area contributed by atoms with Crippen molar-refractivity contribution < 1.29 is 77.3 Å². The summed E-state index contributed by atoms with van der Waals surface area (Å²) >= 11 is 0. The number of hydrogen-bond donors (Lipinski definition) is 3. The van der Waals surface area contributed by atoms with E-state index in [1.807, 2.05) is 25.1 Å². The van der Waals surface area contributed by atoms with Crippen LogP contribution >= 0.6 is 0 Å². The van der Waals surface area contributed by atoms with Crippen LogP contribution in [0.15, 0.2) is 97.1 Å². The summed E-state index contributed by atoms with van der Waals surface area (Å²) in [4.78, 5) is 39.0. The standard InChI is InChI=1S/C23H19F6N3O2.C23H19F6NO3/c1-13-10-18(31-30-13)15-4-8-19-16(11-15)5-9-20(33)32(19)12-14-2-6-17(7-3-14)21(34,22(24,25)26)23(27,28)29;1-14(31)2-3-15-6-10-19-17(12-15)7-11-20(32)30(19)13-16-4-8-18(9-5-16)21(33,22(24,25)26)23(27,28)29/h2-4,6-8,10-11,34H,5,9,12H2,1H3,(H,30,31);2-6,8-10,12,33H,7,11,13H2,1H3/b;3-2+. The first-order valence-corrected chi connectivity index (χ1v) is 20.0. The first kappa shape index (κ1) is 49.9. The van der Waals surface area contributed by atoms with Crippen molar-refractivity contribution in [2.45, 2.75) is 88.5 Å². The zero-order valence-corrected chi connectivity index (χ0v) is 35.1. The molecule has 0 saturated heterocycles. The van der Waals surface area contributed by atoms with Gasteiger partial charge in [-0.2, -0.15) is 57.8 Å². The number of carbonyl (C=O) groups is 3. The number of aryl methyl sites for hydroxylation is 3. The van der Waals surface area contributed by atoms with Gasteiger partial charge in [0, 0.05) is 46.6 Å². The topological polar surface area (TPSA) is 127 Å². The summed E-state index contributed by atoms with van der Waals surface area (Å²) in [6.45, 7) is 3.14. The second-order valence-corrected chi connectivity index (χ2v) is 15.9. The molecular weight excluding hydrogens is 917 g/mol. The number of H-pyrrole nitrogens is 1. The normalized spacial score (nSPS) is 15.0. The van der Waals surface area contributed by atoms with Crippen LogP contribution in [0, 0.1) is 6.92 Å². The fraction of sp³-hybridized carbons (Fsp3) is 0.304. The van der Waals surface area contributed by atoms with Crippen LogP contribution in [-0.4, -0.2) is 62.7 Å². The summed E-state index contributed by atoms with van der Waals surface area (Å²) in [5.41, 5.74) is -6.02. The van der Waals surface area contributed by atoms with Crippen LogP contribution < -0.4 is 9.80 Å². The van der Waals surface area contributed by atoms with E-state index in [0.29, 0.717) is 54.0 Å². The predicted molar refractivity (Wildman–Crippen MR) is 219 cm³/mol. The maximum absolute atomic E-state index is 13.1. The number of halogens is 12. The Morgan fingerprint density at radius 1 is 0.612 bits per heavy atom. The number of ketones is 1. The number of allylic oxidation sites excluding steroid dienone is 1. The molecule has 1 aromatic heterocycles. The molecule has 0 aliphatic carbocycles. The third kappa shape index (κ3) is 10.1. The molecule has 2 aliphatic heterocycles. The van der Waals surface area contributed by atoms with Crippen molar-refractivity contribution in [3.63, 3.8) is 0 Å². The number of alkyl halides is 12. The molecule has 0 atom stereocenters. The highest BCUT2D eigenvalue weighted by Crippen LogP contribution is 2.51. The lowest BCUT2D eigenvalue weighted by atomic mass is 9.91. The van der Waals surface area contributed by atoms with Crippen LogP contribution in [0.1, 0.15) is 64.4 Å². The minimum Gasteiger partial charge on any atom is -0.369 e. The van der Waals surface area contributed by atoms with Gasteiger partial charge in [0.2, 0.25) is 11.8 Å². The average molecular weight is 955 g/mol. The minimum absolute atomic E-state index is 0.0521. The van der Waals surface area contributed by atoms with E-state index in [1.54, 1.807) is 30.3 Å². The van der Waals surface area contributed by atoms with E-state index in [1.165, 1.54) is 22.8 Å². The van der Waals surface area contributed by atoms with Crippen molar-refractivity contribution in [3.05, 3.63) is 142 Å². The molecule has 3 heterocycles. The number of anilines is 2. The molecule has 0 unspecified atom stereocenters. The lowest BCUT2D eigenvalue weighted by Crippen LogP contribution is -2.53. The zero-order chi connectivity index (χ0) is 49.5. The molecule has 67 heavy (non-hydrogen) atoms. The van der Waals surface area contributed by atoms with Crippen molar-refractivity contribution in [1.29, 1.82) is 0 Å². The Morgan fingerprint density at radius 3 is 1.42 bits per heavy atom. The van der Waals surface area contributed by atoms with Gasteiger partial charge in [0.1, 0.15) is 0 Å². The number of benzene rings is 4. The number of nitrogens with zero attached hydrogens (tertiary/aromatic N) is 3. The van der Waals surface area contributed by atoms with E-state index in [-0.39, 0.29) is 49.1 Å². The number of carbonyl (C=O) groups excluding carboxylic acids is 3. The Hall–Kier alpha value is -6.48. The Balaban J connectivity index is 0.000000221. The van der Waals surface area contributed by atoms with E-state index < -0.39 is 47.0 Å². The number of fused-ring (bicyclic) bond motifs is 2. The molecule has 9 nitrogen and oxygen atoms in total. The summed E-state index contributed by atoms with van der Waals surface area (Å²) < 4.78 is 157. The third-order valence-electron chi connectivity index (χ3n) is 11.2. The molecule has 5 aromatic rings. The highest BCUT2D eigenvalue weighted by Gasteiger charge is 2.72. The van der Waals surface area contributed by atoms with Crippen molar-refractivity contribution in [2.75, 3.05) is 9.80 Å². The van der Waals surface area contributed by atoms with E-state index in [9.17, 15) is 77.3 Å². The molecule has 0 spiro atoms. The predicted octanol–water partition coefficient (Wildman–Crippen LogP) is 10.3. The van der Waals surface area contributed by atoms with Crippen molar-refractivity contribution >= 4 is 35.0 Å². The van der Waals surface area contributed by atoms with E-state index >= 15 is 0 Å². The number of aliphatic hydroxyl groups is 2. The summed E-state index contributed by atoms with van der Waals surface area (Å²) in [6, 6.07) is 18.9. The van der Waals surface area contributed by atoms with Gasteiger partial charge in [-0.3, -0.25) is 19.5 Å². The average Bonchev–Trinajstić information content (AvgIpc) is 3.69. The number of nitrogens with one attached hydrogen (secondary N) is 1. The van der Waals surface area contributed by atoms with Gasteiger partial charge < -0.3 is 20.0 Å². The Morgan fingerprint density at radius 2 is 1.03 bits per heavy atom. The van der Waals surface area contributed by atoms with Gasteiger partial charge in [-0.1, -0.05) is 66.7 Å². The molecule has 21 heteroatoms. The smallest absolute Gasteiger partial charge is 0.369 e. The monoisotopic (exact) mass is 954 g/mol. The quantitative estimate of drug-likeness (QED) is 0.0998. The van der Waals surface area contributed by atoms with Gasteiger partial charge in [-0.15, -0.1) is 0 Å². The molecule has 3 N–H and O–H groups in total. The van der Waals surface area contributed by atoms with Gasteiger partial charge in [-0.25, -0.2) is 0 Å². The van der Waals surface area contributed by atoms with Gasteiger partial charge in [0.05, 0.1) is 18.8 Å². The van der Waals surface area contributed by atoms with Gasteiger partial charge in [0.25, 0.3) is 11.2 Å². The lowest BCUT2D eigenvalue weighted by molar-refractivity contribution is -0.376. The van der Waals surface area contributed by atoms with Crippen LogP contribution in [0.25, 0.3) is 17.3 Å². The molecule has 0 radical (unpaired) electrons. The minimum atomic E-state index is -5.97. The largest absolute Gasteiger partial charge is 0.430 e.